The zero-order chi connectivity index (χ0) is 10.8. The Morgan fingerprint density at radius 2 is 2.00 bits per heavy atom. The van der Waals surface area contributed by atoms with Crippen molar-refractivity contribution in [1.82, 2.24) is 15.3 Å². The third kappa shape index (κ3) is 2.99. The van der Waals surface area contributed by atoms with Gasteiger partial charge in [-0.3, -0.25) is 4.21 Å². The van der Waals surface area contributed by atoms with Crippen molar-refractivity contribution in [3.8, 4) is 0 Å². The Morgan fingerprint density at radius 3 is 2.50 bits per heavy atom. The summed E-state index contributed by atoms with van der Waals surface area (Å²) in [6.45, 7) is 5.56. The molecule has 0 aliphatic carbocycles. The van der Waals surface area contributed by atoms with Gasteiger partial charge in [-0.2, -0.15) is 0 Å². The first-order chi connectivity index (χ1) is 7.16. The maximum absolute atomic E-state index is 12.1. The van der Waals surface area contributed by atoms with Crippen molar-refractivity contribution in [2.24, 2.45) is 0 Å². The summed E-state index contributed by atoms with van der Waals surface area (Å²) in [4.78, 5) is 8.48. The van der Waals surface area contributed by atoms with Gasteiger partial charge in [0, 0.05) is 17.9 Å². The largest absolute Gasteiger partial charge is 0.315 e. The Hall–Kier alpha value is -0.520. The SMILES string of the molecule is Cc1cc(C)nc([S@@](=O)[C@@H]2CCNC2)n1.Cl. The van der Waals surface area contributed by atoms with Gasteiger partial charge in [-0.15, -0.1) is 12.4 Å². The fraction of sp³-hybridized carbons (Fsp3) is 0.600. The molecule has 16 heavy (non-hydrogen) atoms. The van der Waals surface area contributed by atoms with Crippen molar-refractivity contribution in [3.63, 3.8) is 0 Å². The summed E-state index contributed by atoms with van der Waals surface area (Å²) < 4.78 is 12.1. The minimum atomic E-state index is -1.06. The van der Waals surface area contributed by atoms with Gasteiger partial charge in [0.2, 0.25) is 5.16 Å². The smallest absolute Gasteiger partial charge is 0.219 e. The van der Waals surface area contributed by atoms with Crippen LogP contribution in [-0.4, -0.2) is 32.5 Å². The molecule has 0 amide bonds. The number of halogens is 1. The highest BCUT2D eigenvalue weighted by molar-refractivity contribution is 7.85. The molecule has 1 aliphatic heterocycles. The van der Waals surface area contributed by atoms with Crippen molar-refractivity contribution in [3.05, 3.63) is 17.5 Å². The summed E-state index contributed by atoms with van der Waals surface area (Å²) in [5.41, 5.74) is 1.77. The standard InChI is InChI=1S/C10H15N3OS.ClH/c1-7-5-8(2)13-10(12-7)15(14)9-3-4-11-6-9;/h5,9,11H,3-4,6H2,1-2H3;1H/t9-,15+;/m1./s1. The molecule has 1 fully saturated rings. The molecule has 0 saturated carbocycles. The summed E-state index contributed by atoms with van der Waals surface area (Å²) >= 11 is 0. The van der Waals surface area contributed by atoms with E-state index in [1.54, 1.807) is 0 Å². The molecule has 0 unspecified atom stereocenters. The van der Waals surface area contributed by atoms with Crippen LogP contribution in [0, 0.1) is 13.8 Å². The lowest BCUT2D eigenvalue weighted by Crippen LogP contribution is -2.20. The number of nitrogens with one attached hydrogen (secondary N) is 1. The molecule has 1 aromatic heterocycles. The van der Waals surface area contributed by atoms with Crippen molar-refractivity contribution < 1.29 is 4.21 Å². The van der Waals surface area contributed by atoms with Crippen LogP contribution in [0.4, 0.5) is 0 Å². The van der Waals surface area contributed by atoms with Gasteiger partial charge >= 0.3 is 0 Å². The predicted molar refractivity (Wildman–Crippen MR) is 66.4 cm³/mol. The van der Waals surface area contributed by atoms with E-state index in [2.05, 4.69) is 15.3 Å². The third-order valence-corrected chi connectivity index (χ3v) is 4.01. The number of nitrogens with zero attached hydrogens (tertiary/aromatic N) is 2. The minimum Gasteiger partial charge on any atom is -0.315 e. The molecule has 4 nitrogen and oxygen atoms in total. The number of rotatable bonds is 2. The van der Waals surface area contributed by atoms with E-state index in [1.807, 2.05) is 19.9 Å². The van der Waals surface area contributed by atoms with Crippen LogP contribution in [0.5, 0.6) is 0 Å². The maximum atomic E-state index is 12.1. The van der Waals surface area contributed by atoms with Crippen molar-refractivity contribution in [1.29, 1.82) is 0 Å². The molecule has 1 saturated heterocycles. The molecule has 1 N–H and O–H groups in total. The van der Waals surface area contributed by atoms with Gasteiger partial charge in [-0.25, -0.2) is 9.97 Å². The lowest BCUT2D eigenvalue weighted by Gasteiger charge is -2.07. The van der Waals surface area contributed by atoms with Crippen LogP contribution >= 0.6 is 12.4 Å². The molecule has 2 atom stereocenters. The highest BCUT2D eigenvalue weighted by Gasteiger charge is 2.24. The highest BCUT2D eigenvalue weighted by Crippen LogP contribution is 2.13. The second-order valence-corrected chi connectivity index (χ2v) is 5.47. The monoisotopic (exact) mass is 261 g/mol. The molecular weight excluding hydrogens is 246 g/mol. The van der Waals surface area contributed by atoms with Gasteiger partial charge in [0.05, 0.1) is 16.0 Å². The zero-order valence-corrected chi connectivity index (χ0v) is 11.0. The quantitative estimate of drug-likeness (QED) is 0.807. The summed E-state index contributed by atoms with van der Waals surface area (Å²) in [7, 11) is -1.06. The van der Waals surface area contributed by atoms with Gasteiger partial charge in [0.15, 0.2) is 0 Å². The topological polar surface area (TPSA) is 54.9 Å². The summed E-state index contributed by atoms with van der Waals surface area (Å²) in [6, 6.07) is 1.90. The Labute approximate surface area is 104 Å². The van der Waals surface area contributed by atoms with Crippen LogP contribution in [0.15, 0.2) is 11.2 Å². The first-order valence-electron chi connectivity index (χ1n) is 5.10. The minimum absolute atomic E-state index is 0. The molecule has 0 bridgehead atoms. The van der Waals surface area contributed by atoms with Crippen LogP contribution in [-0.2, 0) is 10.8 Å². The Kier molecular flexibility index (Phi) is 4.83. The fourth-order valence-electron chi connectivity index (χ4n) is 1.74. The Morgan fingerprint density at radius 1 is 1.38 bits per heavy atom. The van der Waals surface area contributed by atoms with E-state index >= 15 is 0 Å². The molecule has 6 heteroatoms. The van der Waals surface area contributed by atoms with E-state index in [0.29, 0.717) is 5.16 Å². The van der Waals surface area contributed by atoms with E-state index in [-0.39, 0.29) is 17.7 Å². The van der Waals surface area contributed by atoms with Crippen molar-refractivity contribution >= 4 is 23.2 Å². The molecule has 0 aromatic carbocycles. The van der Waals surface area contributed by atoms with E-state index < -0.39 is 10.8 Å². The van der Waals surface area contributed by atoms with Gasteiger partial charge in [-0.05, 0) is 32.9 Å². The van der Waals surface area contributed by atoms with Crippen molar-refractivity contribution in [2.75, 3.05) is 13.1 Å². The average Bonchev–Trinajstić information content (AvgIpc) is 2.67. The molecule has 0 spiro atoms. The number of hydrogen-bond donors (Lipinski definition) is 1. The molecule has 90 valence electrons. The van der Waals surface area contributed by atoms with Gasteiger partial charge < -0.3 is 5.32 Å². The zero-order valence-electron chi connectivity index (χ0n) is 9.40. The predicted octanol–water partition coefficient (Wildman–Crippen LogP) is 0.985. The Bertz CT molecular complexity index is 373. The molecule has 0 radical (unpaired) electrons. The molecular formula is C10H16ClN3OS. The van der Waals surface area contributed by atoms with Crippen LogP contribution < -0.4 is 5.32 Å². The van der Waals surface area contributed by atoms with Crippen LogP contribution in [0.1, 0.15) is 17.8 Å². The van der Waals surface area contributed by atoms with E-state index in [1.165, 1.54) is 0 Å². The first-order valence-corrected chi connectivity index (χ1v) is 6.31. The van der Waals surface area contributed by atoms with E-state index in [0.717, 1.165) is 30.9 Å². The van der Waals surface area contributed by atoms with Gasteiger partial charge in [-0.1, -0.05) is 0 Å². The number of aryl methyl sites for hydroxylation is 2. The molecule has 2 heterocycles. The fourth-order valence-corrected chi connectivity index (χ4v) is 3.11. The molecule has 2 rings (SSSR count). The van der Waals surface area contributed by atoms with E-state index in [4.69, 9.17) is 0 Å². The second-order valence-electron chi connectivity index (χ2n) is 3.85. The maximum Gasteiger partial charge on any atom is 0.219 e. The number of hydrogen-bond acceptors (Lipinski definition) is 4. The second kappa shape index (κ2) is 5.70. The molecule has 1 aliphatic rings. The Balaban J connectivity index is 0.00000128. The molecule has 1 aromatic rings. The lowest BCUT2D eigenvalue weighted by atomic mass is 10.4. The lowest BCUT2D eigenvalue weighted by molar-refractivity contribution is 0.662. The first kappa shape index (κ1) is 13.5. The van der Waals surface area contributed by atoms with Gasteiger partial charge in [0.25, 0.3) is 0 Å². The normalized spacial score (nSPS) is 21.5. The summed E-state index contributed by atoms with van der Waals surface area (Å²) in [5.74, 6) is 0. The summed E-state index contributed by atoms with van der Waals surface area (Å²) in [5, 5.41) is 3.86. The average molecular weight is 262 g/mol. The van der Waals surface area contributed by atoms with Gasteiger partial charge in [0.1, 0.15) is 0 Å². The van der Waals surface area contributed by atoms with Crippen LogP contribution in [0.3, 0.4) is 0 Å². The van der Waals surface area contributed by atoms with Crippen molar-refractivity contribution in [2.45, 2.75) is 30.7 Å². The highest BCUT2D eigenvalue weighted by atomic mass is 35.5. The van der Waals surface area contributed by atoms with E-state index in [9.17, 15) is 4.21 Å². The number of aromatic nitrogens is 2. The van der Waals surface area contributed by atoms with Crippen LogP contribution in [0.2, 0.25) is 0 Å². The van der Waals surface area contributed by atoms with Crippen LogP contribution in [0.25, 0.3) is 0 Å². The third-order valence-electron chi connectivity index (χ3n) is 2.46. The summed E-state index contributed by atoms with van der Waals surface area (Å²) in [6.07, 6.45) is 0.947.